The summed E-state index contributed by atoms with van der Waals surface area (Å²) in [5.41, 5.74) is 0.783. The molecule has 2 rings (SSSR count). The van der Waals surface area contributed by atoms with Gasteiger partial charge in [0.05, 0.1) is 4.34 Å². The number of hydrogen-bond donors (Lipinski definition) is 2. The fourth-order valence-corrected chi connectivity index (χ4v) is 5.59. The van der Waals surface area contributed by atoms with Crippen LogP contribution >= 0.6 is 22.9 Å². The van der Waals surface area contributed by atoms with Crippen molar-refractivity contribution in [3.63, 3.8) is 0 Å². The zero-order valence-electron chi connectivity index (χ0n) is 10.7. The molecule has 2 atom stereocenters. The molecule has 108 valence electrons. The molecular weight excluding hydrogens is 306 g/mol. The van der Waals surface area contributed by atoms with E-state index in [2.05, 4.69) is 4.72 Å². The van der Waals surface area contributed by atoms with Gasteiger partial charge >= 0.3 is 0 Å². The Morgan fingerprint density at radius 1 is 1.53 bits per heavy atom. The average molecular weight is 324 g/mol. The molecule has 0 aliphatic heterocycles. The first kappa shape index (κ1) is 15.3. The number of rotatable bonds is 5. The summed E-state index contributed by atoms with van der Waals surface area (Å²) < 4.78 is 28.1. The molecule has 0 spiro atoms. The van der Waals surface area contributed by atoms with Gasteiger partial charge in [-0.05, 0) is 43.7 Å². The Hall–Kier alpha value is -0.140. The molecule has 1 aliphatic carbocycles. The Labute approximate surface area is 122 Å². The van der Waals surface area contributed by atoms with Gasteiger partial charge in [0, 0.05) is 12.6 Å². The van der Waals surface area contributed by atoms with E-state index in [1.54, 1.807) is 13.0 Å². The lowest BCUT2D eigenvalue weighted by molar-refractivity contribution is 0.248. The number of sulfonamides is 1. The Morgan fingerprint density at radius 2 is 2.26 bits per heavy atom. The van der Waals surface area contributed by atoms with Gasteiger partial charge in [-0.2, -0.15) is 0 Å². The normalized spacial score (nSPS) is 23.9. The van der Waals surface area contributed by atoms with Crippen LogP contribution in [-0.4, -0.2) is 26.2 Å². The van der Waals surface area contributed by atoms with Gasteiger partial charge in [-0.25, -0.2) is 13.1 Å². The molecule has 0 saturated heterocycles. The van der Waals surface area contributed by atoms with Crippen LogP contribution in [0.5, 0.6) is 0 Å². The van der Waals surface area contributed by atoms with Crippen LogP contribution in [-0.2, 0) is 10.0 Å². The highest BCUT2D eigenvalue weighted by Gasteiger charge is 2.31. The first-order chi connectivity index (χ1) is 8.94. The lowest BCUT2D eigenvalue weighted by Crippen LogP contribution is -2.37. The second-order valence-corrected chi connectivity index (χ2v) is 8.55. The number of thiophene rings is 1. The van der Waals surface area contributed by atoms with Gasteiger partial charge in [-0.3, -0.25) is 0 Å². The minimum Gasteiger partial charge on any atom is -0.396 e. The zero-order valence-corrected chi connectivity index (χ0v) is 13.1. The van der Waals surface area contributed by atoms with Crippen molar-refractivity contribution < 1.29 is 13.5 Å². The first-order valence-corrected chi connectivity index (χ1v) is 9.01. The summed E-state index contributed by atoms with van der Waals surface area (Å²) in [5.74, 6) is 0.233. The number of aryl methyl sites for hydroxylation is 1. The Bertz CT molecular complexity index is 522. The van der Waals surface area contributed by atoms with Gasteiger partial charge in [-0.15, -0.1) is 11.3 Å². The van der Waals surface area contributed by atoms with Crippen molar-refractivity contribution in [2.45, 2.75) is 42.9 Å². The standard InChI is InChI=1S/C12H18ClNO3S2/c1-8-7-11(18-12(8)13)19(16,17)14-10-4-2-3-9(10)5-6-15/h7,9-10,14-15H,2-6H2,1H3/t9-,10+/m0/s1. The van der Waals surface area contributed by atoms with E-state index in [1.807, 2.05) is 0 Å². The smallest absolute Gasteiger partial charge is 0.250 e. The Kier molecular flexibility index (Phi) is 4.89. The quantitative estimate of drug-likeness (QED) is 0.875. The second-order valence-electron chi connectivity index (χ2n) is 4.95. The highest BCUT2D eigenvalue weighted by atomic mass is 35.5. The van der Waals surface area contributed by atoms with E-state index in [-0.39, 0.29) is 22.8 Å². The zero-order chi connectivity index (χ0) is 14.0. The predicted molar refractivity (Wildman–Crippen MR) is 77.2 cm³/mol. The van der Waals surface area contributed by atoms with Crippen LogP contribution in [0.2, 0.25) is 4.34 Å². The molecule has 2 N–H and O–H groups in total. The summed E-state index contributed by atoms with van der Waals surface area (Å²) in [6, 6.07) is 1.53. The average Bonchev–Trinajstić information content (AvgIpc) is 2.88. The van der Waals surface area contributed by atoms with Gasteiger partial charge in [0.2, 0.25) is 10.0 Å². The molecule has 1 aromatic heterocycles. The minimum absolute atomic E-state index is 0.0710. The Morgan fingerprint density at radius 3 is 2.84 bits per heavy atom. The molecule has 1 aromatic rings. The van der Waals surface area contributed by atoms with Gasteiger partial charge in [0.1, 0.15) is 4.21 Å². The number of nitrogens with one attached hydrogen (secondary N) is 1. The van der Waals surface area contributed by atoms with E-state index >= 15 is 0 Å². The van der Waals surface area contributed by atoms with Gasteiger partial charge in [-0.1, -0.05) is 18.0 Å². The number of aliphatic hydroxyl groups is 1. The molecule has 4 nitrogen and oxygen atoms in total. The molecule has 0 bridgehead atoms. The summed E-state index contributed by atoms with van der Waals surface area (Å²) in [5, 5.41) is 9.01. The van der Waals surface area contributed by atoms with Crippen molar-refractivity contribution in [1.82, 2.24) is 4.72 Å². The molecular formula is C12H18ClNO3S2. The van der Waals surface area contributed by atoms with E-state index in [1.165, 1.54) is 0 Å². The second kappa shape index (κ2) is 6.10. The van der Waals surface area contributed by atoms with Crippen molar-refractivity contribution in [3.05, 3.63) is 16.0 Å². The topological polar surface area (TPSA) is 66.4 Å². The third-order valence-electron chi connectivity index (χ3n) is 3.56. The lowest BCUT2D eigenvalue weighted by atomic mass is 10.0. The van der Waals surface area contributed by atoms with Gasteiger partial charge in [0.15, 0.2) is 0 Å². The molecule has 1 heterocycles. The van der Waals surface area contributed by atoms with Crippen LogP contribution in [0, 0.1) is 12.8 Å². The molecule has 7 heteroatoms. The summed E-state index contributed by atoms with van der Waals surface area (Å²) in [7, 11) is -3.49. The third-order valence-corrected chi connectivity index (χ3v) is 7.08. The molecule has 0 unspecified atom stereocenters. The fourth-order valence-electron chi connectivity index (χ4n) is 2.52. The SMILES string of the molecule is Cc1cc(S(=O)(=O)N[C@@H]2CCC[C@H]2CCO)sc1Cl. The van der Waals surface area contributed by atoms with Crippen molar-refractivity contribution in [2.24, 2.45) is 5.92 Å². The maximum atomic E-state index is 12.3. The van der Waals surface area contributed by atoms with Gasteiger partial charge in [0.25, 0.3) is 0 Å². The third kappa shape index (κ3) is 3.49. The number of halogens is 1. The van der Waals surface area contributed by atoms with Crippen molar-refractivity contribution >= 4 is 33.0 Å². The summed E-state index contributed by atoms with van der Waals surface area (Å²) in [4.78, 5) is 0. The molecule has 1 saturated carbocycles. The molecule has 1 aliphatic rings. The van der Waals surface area contributed by atoms with Crippen LogP contribution in [0.25, 0.3) is 0 Å². The van der Waals surface area contributed by atoms with Crippen molar-refractivity contribution in [2.75, 3.05) is 6.61 Å². The van der Waals surface area contributed by atoms with Crippen molar-refractivity contribution in [1.29, 1.82) is 0 Å². The van der Waals surface area contributed by atoms with Crippen molar-refractivity contribution in [3.8, 4) is 0 Å². The summed E-state index contributed by atoms with van der Waals surface area (Å²) >= 11 is 7.01. The van der Waals surface area contributed by atoms with Crippen LogP contribution in [0.3, 0.4) is 0 Å². The molecule has 1 fully saturated rings. The highest BCUT2D eigenvalue weighted by Crippen LogP contribution is 2.33. The predicted octanol–water partition coefficient (Wildman–Crippen LogP) is 2.54. The lowest BCUT2D eigenvalue weighted by Gasteiger charge is -2.19. The monoisotopic (exact) mass is 323 g/mol. The highest BCUT2D eigenvalue weighted by molar-refractivity contribution is 7.91. The van der Waals surface area contributed by atoms with E-state index in [0.717, 1.165) is 36.2 Å². The van der Waals surface area contributed by atoms with Crippen LogP contribution < -0.4 is 4.72 Å². The maximum absolute atomic E-state index is 12.3. The number of hydrogen-bond acceptors (Lipinski definition) is 4. The maximum Gasteiger partial charge on any atom is 0.250 e. The first-order valence-electron chi connectivity index (χ1n) is 6.33. The van der Waals surface area contributed by atoms with Gasteiger partial charge < -0.3 is 5.11 Å². The van der Waals surface area contributed by atoms with E-state index in [0.29, 0.717) is 10.8 Å². The largest absolute Gasteiger partial charge is 0.396 e. The fraction of sp³-hybridized carbons (Fsp3) is 0.667. The Balaban J connectivity index is 2.13. The van der Waals surface area contributed by atoms with Crippen LogP contribution in [0.1, 0.15) is 31.2 Å². The molecule has 19 heavy (non-hydrogen) atoms. The van der Waals surface area contributed by atoms with Crippen LogP contribution in [0.4, 0.5) is 0 Å². The number of aliphatic hydroxyl groups excluding tert-OH is 1. The molecule has 0 amide bonds. The van der Waals surface area contributed by atoms with Crippen LogP contribution in [0.15, 0.2) is 10.3 Å². The minimum atomic E-state index is -3.49. The summed E-state index contributed by atoms with van der Waals surface area (Å²) in [6.07, 6.45) is 3.46. The summed E-state index contributed by atoms with van der Waals surface area (Å²) in [6.45, 7) is 1.90. The molecule has 0 aromatic carbocycles. The van der Waals surface area contributed by atoms with E-state index in [9.17, 15) is 8.42 Å². The van der Waals surface area contributed by atoms with E-state index < -0.39 is 10.0 Å². The molecule has 0 radical (unpaired) electrons. The van der Waals surface area contributed by atoms with E-state index in [4.69, 9.17) is 16.7 Å².